The number of para-hydroxylation sites is 1. The van der Waals surface area contributed by atoms with Gasteiger partial charge in [-0.1, -0.05) is 12.1 Å². The van der Waals surface area contributed by atoms with Crippen molar-refractivity contribution in [2.45, 2.75) is 26.0 Å². The standard InChI is InChI=1S/C12H16N4O2S/c1-8(2)19(17,18)16-11-7-5-4-6-10(11)12-13-9(3)14-15-12/h4-8,16H,1-3H3,(H,13,14,15). The Balaban J connectivity index is 2.43. The van der Waals surface area contributed by atoms with E-state index in [-0.39, 0.29) is 0 Å². The first-order chi connectivity index (χ1) is 8.90. The van der Waals surface area contributed by atoms with Gasteiger partial charge in [-0.2, -0.15) is 5.10 Å². The van der Waals surface area contributed by atoms with E-state index in [0.717, 1.165) is 0 Å². The molecule has 6 nitrogen and oxygen atoms in total. The number of aromatic amines is 1. The Hall–Kier alpha value is -1.89. The summed E-state index contributed by atoms with van der Waals surface area (Å²) >= 11 is 0. The lowest BCUT2D eigenvalue weighted by atomic mass is 10.2. The zero-order valence-corrected chi connectivity index (χ0v) is 11.8. The third kappa shape index (κ3) is 2.93. The van der Waals surface area contributed by atoms with Crippen LogP contribution in [0.1, 0.15) is 19.7 Å². The van der Waals surface area contributed by atoms with Gasteiger partial charge in [-0.3, -0.25) is 9.82 Å². The van der Waals surface area contributed by atoms with Crippen LogP contribution in [-0.2, 0) is 10.0 Å². The minimum Gasteiger partial charge on any atom is -0.283 e. The number of hydrogen-bond acceptors (Lipinski definition) is 4. The minimum atomic E-state index is -3.39. The van der Waals surface area contributed by atoms with E-state index in [2.05, 4.69) is 19.9 Å². The van der Waals surface area contributed by atoms with E-state index in [4.69, 9.17) is 0 Å². The van der Waals surface area contributed by atoms with Crippen LogP contribution < -0.4 is 4.72 Å². The molecule has 0 radical (unpaired) electrons. The molecule has 0 amide bonds. The normalized spacial score (nSPS) is 11.8. The van der Waals surface area contributed by atoms with Crippen LogP contribution >= 0.6 is 0 Å². The summed E-state index contributed by atoms with van der Waals surface area (Å²) in [6, 6.07) is 7.05. The molecular weight excluding hydrogens is 264 g/mol. The summed E-state index contributed by atoms with van der Waals surface area (Å²) in [7, 11) is -3.39. The van der Waals surface area contributed by atoms with E-state index in [1.54, 1.807) is 39.0 Å². The van der Waals surface area contributed by atoms with Crippen LogP contribution in [0, 0.1) is 6.92 Å². The van der Waals surface area contributed by atoms with Crippen molar-refractivity contribution in [3.63, 3.8) is 0 Å². The largest absolute Gasteiger partial charge is 0.283 e. The Morgan fingerprint density at radius 1 is 1.26 bits per heavy atom. The van der Waals surface area contributed by atoms with Gasteiger partial charge in [0.1, 0.15) is 5.82 Å². The maximum atomic E-state index is 11.9. The lowest BCUT2D eigenvalue weighted by molar-refractivity contribution is 0.593. The molecule has 2 N–H and O–H groups in total. The van der Waals surface area contributed by atoms with Gasteiger partial charge in [-0.05, 0) is 32.9 Å². The number of anilines is 1. The summed E-state index contributed by atoms with van der Waals surface area (Å²) in [6.07, 6.45) is 0. The Morgan fingerprint density at radius 3 is 2.53 bits per heavy atom. The van der Waals surface area contributed by atoms with Crippen molar-refractivity contribution in [1.82, 2.24) is 15.2 Å². The quantitative estimate of drug-likeness (QED) is 0.895. The van der Waals surface area contributed by atoms with Gasteiger partial charge >= 0.3 is 0 Å². The van der Waals surface area contributed by atoms with Gasteiger partial charge in [-0.15, -0.1) is 0 Å². The third-order valence-corrected chi connectivity index (χ3v) is 4.38. The molecule has 102 valence electrons. The second-order valence-corrected chi connectivity index (χ2v) is 6.72. The molecule has 0 unspecified atom stereocenters. The zero-order valence-electron chi connectivity index (χ0n) is 11.0. The van der Waals surface area contributed by atoms with Crippen LogP contribution in [0.3, 0.4) is 0 Å². The average molecular weight is 280 g/mol. The van der Waals surface area contributed by atoms with Crippen LogP contribution in [0.15, 0.2) is 24.3 Å². The number of aryl methyl sites for hydroxylation is 1. The summed E-state index contributed by atoms with van der Waals surface area (Å²) in [5.74, 6) is 1.15. The van der Waals surface area contributed by atoms with E-state index in [9.17, 15) is 8.42 Å². The van der Waals surface area contributed by atoms with Crippen LogP contribution in [0.5, 0.6) is 0 Å². The average Bonchev–Trinajstić information content (AvgIpc) is 2.76. The first-order valence-corrected chi connectivity index (χ1v) is 7.45. The number of aromatic nitrogens is 3. The van der Waals surface area contributed by atoms with E-state index >= 15 is 0 Å². The Bertz CT molecular complexity index is 677. The zero-order chi connectivity index (χ0) is 14.0. The van der Waals surface area contributed by atoms with Crippen molar-refractivity contribution in [1.29, 1.82) is 0 Å². The molecule has 0 atom stereocenters. The molecule has 0 saturated carbocycles. The number of hydrogen-bond donors (Lipinski definition) is 2. The molecular formula is C12H16N4O2S. The van der Waals surface area contributed by atoms with Gasteiger partial charge in [0.2, 0.25) is 10.0 Å². The summed E-state index contributed by atoms with van der Waals surface area (Å²) < 4.78 is 26.4. The van der Waals surface area contributed by atoms with Gasteiger partial charge in [-0.25, -0.2) is 13.4 Å². The van der Waals surface area contributed by atoms with E-state index < -0.39 is 15.3 Å². The highest BCUT2D eigenvalue weighted by molar-refractivity contribution is 7.93. The Morgan fingerprint density at radius 2 is 1.95 bits per heavy atom. The second-order valence-electron chi connectivity index (χ2n) is 4.49. The highest BCUT2D eigenvalue weighted by Gasteiger charge is 2.18. The number of nitrogens with zero attached hydrogens (tertiary/aromatic N) is 2. The molecule has 1 heterocycles. The molecule has 0 aliphatic carbocycles. The van der Waals surface area contributed by atoms with Gasteiger partial charge in [0, 0.05) is 5.56 Å². The topological polar surface area (TPSA) is 87.7 Å². The fourth-order valence-corrected chi connectivity index (χ4v) is 2.22. The fourth-order valence-electron chi connectivity index (χ4n) is 1.50. The third-order valence-electron chi connectivity index (χ3n) is 2.64. The number of sulfonamides is 1. The van der Waals surface area contributed by atoms with Gasteiger partial charge in [0.05, 0.1) is 10.9 Å². The highest BCUT2D eigenvalue weighted by atomic mass is 32.2. The smallest absolute Gasteiger partial charge is 0.235 e. The second kappa shape index (κ2) is 5.00. The maximum absolute atomic E-state index is 11.9. The van der Waals surface area contributed by atoms with Crippen molar-refractivity contribution < 1.29 is 8.42 Å². The molecule has 0 bridgehead atoms. The Kier molecular flexibility index (Phi) is 3.57. The Labute approximate surface area is 112 Å². The number of H-pyrrole nitrogens is 1. The van der Waals surface area contributed by atoms with Crippen molar-refractivity contribution in [3.8, 4) is 11.4 Å². The monoisotopic (exact) mass is 280 g/mol. The fraction of sp³-hybridized carbons (Fsp3) is 0.333. The van der Waals surface area contributed by atoms with Gasteiger partial charge < -0.3 is 0 Å². The van der Waals surface area contributed by atoms with E-state index in [0.29, 0.717) is 22.9 Å². The van der Waals surface area contributed by atoms with Gasteiger partial charge in [0.15, 0.2) is 5.82 Å². The SMILES string of the molecule is Cc1nc(-c2ccccc2NS(=O)(=O)C(C)C)n[nH]1. The van der Waals surface area contributed by atoms with Crippen molar-refractivity contribution in [3.05, 3.63) is 30.1 Å². The highest BCUT2D eigenvalue weighted by Crippen LogP contribution is 2.26. The molecule has 0 spiro atoms. The lowest BCUT2D eigenvalue weighted by Crippen LogP contribution is -2.22. The molecule has 0 saturated heterocycles. The van der Waals surface area contributed by atoms with Crippen molar-refractivity contribution in [2.75, 3.05) is 4.72 Å². The van der Waals surface area contributed by atoms with Crippen LogP contribution in [0.2, 0.25) is 0 Å². The number of benzene rings is 1. The van der Waals surface area contributed by atoms with E-state index in [1.807, 2.05) is 6.07 Å². The molecule has 19 heavy (non-hydrogen) atoms. The van der Waals surface area contributed by atoms with Crippen LogP contribution in [-0.4, -0.2) is 28.8 Å². The first-order valence-electron chi connectivity index (χ1n) is 5.90. The number of rotatable bonds is 4. The van der Waals surface area contributed by atoms with Crippen LogP contribution in [0.4, 0.5) is 5.69 Å². The van der Waals surface area contributed by atoms with Gasteiger partial charge in [0.25, 0.3) is 0 Å². The minimum absolute atomic E-state index is 0.472. The van der Waals surface area contributed by atoms with Crippen molar-refractivity contribution >= 4 is 15.7 Å². The maximum Gasteiger partial charge on any atom is 0.235 e. The molecule has 7 heteroatoms. The van der Waals surface area contributed by atoms with Crippen LogP contribution in [0.25, 0.3) is 11.4 Å². The van der Waals surface area contributed by atoms with Crippen molar-refractivity contribution in [2.24, 2.45) is 0 Å². The lowest BCUT2D eigenvalue weighted by Gasteiger charge is -2.12. The molecule has 2 rings (SSSR count). The summed E-state index contributed by atoms with van der Waals surface area (Å²) in [5.41, 5.74) is 1.13. The molecule has 0 aliphatic heterocycles. The summed E-state index contributed by atoms with van der Waals surface area (Å²) in [6.45, 7) is 5.04. The number of nitrogens with one attached hydrogen (secondary N) is 2. The molecule has 0 fully saturated rings. The molecule has 1 aromatic heterocycles. The van der Waals surface area contributed by atoms with E-state index in [1.165, 1.54) is 0 Å². The molecule has 2 aromatic rings. The predicted molar refractivity (Wildman–Crippen MR) is 74.2 cm³/mol. The summed E-state index contributed by atoms with van der Waals surface area (Å²) in [5, 5.41) is 6.29. The predicted octanol–water partition coefficient (Wildman–Crippen LogP) is 1.93. The summed E-state index contributed by atoms with van der Waals surface area (Å²) in [4.78, 5) is 4.21. The first kappa shape index (κ1) is 13.5. The molecule has 1 aromatic carbocycles. The molecule has 0 aliphatic rings.